The van der Waals surface area contributed by atoms with Crippen molar-refractivity contribution in [1.82, 2.24) is 9.80 Å². The van der Waals surface area contributed by atoms with Crippen LogP contribution in [0.3, 0.4) is 0 Å². The van der Waals surface area contributed by atoms with Crippen molar-refractivity contribution in [1.29, 1.82) is 0 Å². The normalized spacial score (nSPS) is 9.30. The monoisotopic (exact) mass is 404 g/mol. The third-order valence-corrected chi connectivity index (χ3v) is 2.17. The van der Waals surface area contributed by atoms with Crippen LogP contribution in [0.4, 0.5) is 0 Å². The van der Waals surface area contributed by atoms with Gasteiger partial charge in [0, 0.05) is 32.6 Å². The molecule has 0 radical (unpaired) electrons. The molecule has 10 nitrogen and oxygen atoms in total. The third-order valence-electron chi connectivity index (χ3n) is 2.17. The van der Waals surface area contributed by atoms with Crippen molar-refractivity contribution >= 4 is 83.0 Å². The van der Waals surface area contributed by atoms with Gasteiger partial charge in [0.15, 0.2) is 0 Å². The molecule has 0 fully saturated rings. The van der Waals surface area contributed by atoms with Crippen molar-refractivity contribution in [3.63, 3.8) is 0 Å². The van der Waals surface area contributed by atoms with Gasteiger partial charge in [-0.1, -0.05) is 0 Å². The van der Waals surface area contributed by atoms with E-state index in [9.17, 15) is 19.2 Å². The van der Waals surface area contributed by atoms with Gasteiger partial charge in [0.05, 0.1) is 26.2 Å². The summed E-state index contributed by atoms with van der Waals surface area (Å²) in [6, 6.07) is 0. The summed E-state index contributed by atoms with van der Waals surface area (Å²) >= 11 is 0. The number of carboxylic acid groups (broad SMARTS) is 4. The fraction of sp³-hybridized carbons (Fsp3) is 0.600. The predicted octanol–water partition coefficient (Wildman–Crippen LogP) is -3.37. The number of carbonyl (C=O) groups is 4. The summed E-state index contributed by atoms with van der Waals surface area (Å²) in [6.07, 6.45) is 0. The van der Waals surface area contributed by atoms with E-state index in [1.165, 1.54) is 0 Å². The van der Waals surface area contributed by atoms with Crippen molar-refractivity contribution in [3.05, 3.63) is 0 Å². The van der Waals surface area contributed by atoms with E-state index in [0.29, 0.717) is 0 Å². The minimum Gasteiger partial charge on any atom is 0 e. The van der Waals surface area contributed by atoms with Crippen LogP contribution in [0.15, 0.2) is 0 Å². The first kappa shape index (κ1) is 31.2. The second-order valence-corrected chi connectivity index (χ2v) is 4.00. The Kier molecular flexibility index (Phi) is 23.4. The summed E-state index contributed by atoms with van der Waals surface area (Å²) in [5.41, 5.74) is 0. The Hall–Kier alpha value is 0.423. The summed E-state index contributed by atoms with van der Waals surface area (Å²) in [7, 11) is 0. The Morgan fingerprint density at radius 3 is 0.870 bits per heavy atom. The van der Waals surface area contributed by atoms with E-state index in [2.05, 4.69) is 0 Å². The molecule has 4 N–H and O–H groups in total. The first-order chi connectivity index (χ1) is 9.20. The van der Waals surface area contributed by atoms with E-state index in [-0.39, 0.29) is 91.7 Å². The minimum absolute atomic E-state index is 0. The molecule has 0 bridgehead atoms. The first-order valence-corrected chi connectivity index (χ1v) is 5.52. The fourth-order valence-electron chi connectivity index (χ4n) is 1.48. The molecule has 0 atom stereocenters. The maximum absolute atomic E-state index is 10.6. The Bertz CT molecular complexity index is 331. The quantitative estimate of drug-likeness (QED) is 0.256. The molecular weight excluding hydrogens is 387 g/mol. The van der Waals surface area contributed by atoms with Crippen LogP contribution < -0.4 is 0 Å². The summed E-state index contributed by atoms with van der Waals surface area (Å²) < 4.78 is 0. The predicted molar refractivity (Wildman–Crippen MR) is 77.7 cm³/mol. The molecular formula is C10H18N2Na2O8Zn. The van der Waals surface area contributed by atoms with Crippen molar-refractivity contribution < 1.29 is 59.1 Å². The van der Waals surface area contributed by atoms with E-state index in [1.807, 2.05) is 0 Å². The van der Waals surface area contributed by atoms with E-state index in [1.54, 1.807) is 0 Å². The minimum atomic E-state index is -1.23. The van der Waals surface area contributed by atoms with E-state index in [4.69, 9.17) is 20.4 Å². The molecule has 0 heterocycles. The number of hydrogen-bond donors (Lipinski definition) is 4. The first-order valence-electron chi connectivity index (χ1n) is 5.52. The van der Waals surface area contributed by atoms with Crippen LogP contribution in [0.2, 0.25) is 0 Å². The largest absolute Gasteiger partial charge is 0 e. The van der Waals surface area contributed by atoms with Gasteiger partial charge in [0.2, 0.25) is 0 Å². The molecule has 13 heteroatoms. The van der Waals surface area contributed by atoms with Crippen molar-refractivity contribution in [2.24, 2.45) is 0 Å². The standard InChI is InChI=1S/C10H16N2O8.2Na.Zn.2H/c13-7(14)3-11(4-8(15)16)1-2-12(5-9(17)18)6-10(19)20;;;;;/h1-6H2,(H,13,14)(H,15,16)(H,17,18)(H,19,20);;;;;. The zero-order chi connectivity index (χ0) is 15.7. The Labute approximate surface area is 189 Å². The number of carboxylic acids is 4. The van der Waals surface area contributed by atoms with Gasteiger partial charge in [0.1, 0.15) is 0 Å². The summed E-state index contributed by atoms with van der Waals surface area (Å²) in [6.45, 7) is -2.25. The van der Waals surface area contributed by atoms with Crippen molar-refractivity contribution in [2.75, 3.05) is 39.3 Å². The van der Waals surface area contributed by atoms with Crippen LogP contribution in [0.5, 0.6) is 0 Å². The summed E-state index contributed by atoms with van der Waals surface area (Å²) in [5, 5.41) is 34.5. The van der Waals surface area contributed by atoms with Gasteiger partial charge in [-0.25, -0.2) is 0 Å². The summed E-state index contributed by atoms with van der Waals surface area (Å²) in [4.78, 5) is 44.4. The summed E-state index contributed by atoms with van der Waals surface area (Å²) in [5.74, 6) is -4.91. The fourth-order valence-corrected chi connectivity index (χ4v) is 1.48. The van der Waals surface area contributed by atoms with E-state index in [0.717, 1.165) is 9.80 Å². The number of nitrogens with zero attached hydrogens (tertiary/aromatic N) is 2. The molecule has 0 rings (SSSR count). The smallest absolute Gasteiger partial charge is 0 e. The van der Waals surface area contributed by atoms with Gasteiger partial charge in [-0.15, -0.1) is 0 Å². The number of rotatable bonds is 11. The topological polar surface area (TPSA) is 156 Å². The van der Waals surface area contributed by atoms with E-state index < -0.39 is 50.1 Å². The molecule has 0 unspecified atom stereocenters. The average Bonchev–Trinajstić information content (AvgIpc) is 2.22. The molecule has 0 saturated carbocycles. The van der Waals surface area contributed by atoms with Crippen LogP contribution in [-0.4, -0.2) is 152 Å². The van der Waals surface area contributed by atoms with Gasteiger partial charge < -0.3 is 20.4 Å². The number of hydrogen-bond acceptors (Lipinski definition) is 6. The Morgan fingerprint density at radius 1 is 0.565 bits per heavy atom. The molecule has 0 aliphatic heterocycles. The van der Waals surface area contributed by atoms with Crippen LogP contribution in [0, 0.1) is 0 Å². The molecule has 0 aliphatic rings. The molecule has 0 amide bonds. The van der Waals surface area contributed by atoms with Gasteiger partial charge in [0.25, 0.3) is 0 Å². The van der Waals surface area contributed by atoms with Crippen LogP contribution in [0.1, 0.15) is 0 Å². The third kappa shape index (κ3) is 20.4. The van der Waals surface area contributed by atoms with E-state index >= 15 is 0 Å². The van der Waals surface area contributed by atoms with Gasteiger partial charge in [-0.05, 0) is 0 Å². The maximum Gasteiger partial charge on any atom is 0 e. The van der Waals surface area contributed by atoms with Gasteiger partial charge in [-0.3, -0.25) is 29.0 Å². The number of aliphatic carboxylic acids is 4. The second kappa shape index (κ2) is 17.3. The second-order valence-electron chi connectivity index (χ2n) is 4.00. The average molecular weight is 406 g/mol. The SMILES string of the molecule is O=C(O)CN(CCN(CC(=O)O)CC(=O)O)CC(=O)O.[NaH].[NaH].[Zn]. The van der Waals surface area contributed by atoms with Crippen LogP contribution in [0.25, 0.3) is 0 Å². The van der Waals surface area contributed by atoms with Crippen LogP contribution >= 0.6 is 0 Å². The molecule has 0 saturated heterocycles. The van der Waals surface area contributed by atoms with Crippen molar-refractivity contribution in [2.45, 2.75) is 0 Å². The molecule has 0 spiro atoms. The zero-order valence-corrected chi connectivity index (χ0v) is 14.2. The van der Waals surface area contributed by atoms with Crippen molar-refractivity contribution in [3.8, 4) is 0 Å². The van der Waals surface area contributed by atoms with Gasteiger partial charge in [-0.2, -0.15) is 0 Å². The Balaban J connectivity index is -0.000000602. The molecule has 0 aromatic heterocycles. The molecule has 23 heavy (non-hydrogen) atoms. The van der Waals surface area contributed by atoms with Crippen LogP contribution in [-0.2, 0) is 38.7 Å². The maximum atomic E-state index is 10.6. The van der Waals surface area contributed by atoms with Gasteiger partial charge >= 0.3 is 83.0 Å². The molecule has 0 aromatic rings. The zero-order valence-electron chi connectivity index (χ0n) is 11.3. The molecule has 0 aliphatic carbocycles. The molecule has 120 valence electrons. The molecule has 0 aromatic carbocycles. The Morgan fingerprint density at radius 2 is 0.739 bits per heavy atom.